The van der Waals surface area contributed by atoms with Crippen molar-refractivity contribution in [2.75, 3.05) is 54.9 Å². The van der Waals surface area contributed by atoms with Crippen LogP contribution in [0.5, 0.6) is 0 Å². The number of nitro groups is 1. The lowest BCUT2D eigenvalue weighted by Crippen LogP contribution is -2.36. The molecule has 11 heteroatoms. The molecule has 0 aliphatic carbocycles. The fourth-order valence-electron chi connectivity index (χ4n) is 3.47. The van der Waals surface area contributed by atoms with Crippen LogP contribution in [0.4, 0.5) is 23.3 Å². The number of anilines is 3. The molecule has 1 aliphatic rings. The van der Waals surface area contributed by atoms with Crippen molar-refractivity contribution in [3.05, 3.63) is 58.5 Å². The lowest BCUT2D eigenvalue weighted by Gasteiger charge is -2.27. The molecule has 0 radical (unpaired) electrons. The number of rotatable bonds is 9. The fourth-order valence-corrected chi connectivity index (χ4v) is 3.47. The zero-order valence-electron chi connectivity index (χ0n) is 18.4. The molecular weight excluding hydrogens is 424 g/mol. The normalized spacial score (nSPS) is 13.5. The molecular formula is C22H26N8O3. The van der Waals surface area contributed by atoms with E-state index < -0.39 is 4.92 Å². The van der Waals surface area contributed by atoms with Crippen molar-refractivity contribution in [2.24, 2.45) is 0 Å². The summed E-state index contributed by atoms with van der Waals surface area (Å²) in [7, 11) is 0. The van der Waals surface area contributed by atoms with Gasteiger partial charge in [-0.05, 0) is 30.2 Å². The van der Waals surface area contributed by atoms with Gasteiger partial charge in [0.15, 0.2) is 0 Å². The number of hydrogen-bond acceptors (Lipinski definition) is 10. The third-order valence-corrected chi connectivity index (χ3v) is 5.27. The van der Waals surface area contributed by atoms with E-state index >= 15 is 0 Å². The van der Waals surface area contributed by atoms with Crippen molar-refractivity contribution in [1.82, 2.24) is 19.9 Å². The van der Waals surface area contributed by atoms with E-state index in [9.17, 15) is 10.1 Å². The van der Waals surface area contributed by atoms with Crippen LogP contribution < -0.4 is 15.5 Å². The van der Waals surface area contributed by atoms with E-state index in [-0.39, 0.29) is 5.69 Å². The van der Waals surface area contributed by atoms with Gasteiger partial charge in [-0.15, -0.1) is 0 Å². The summed E-state index contributed by atoms with van der Waals surface area (Å²) in [6.45, 7) is 6.31. The number of aromatic nitrogens is 4. The second kappa shape index (κ2) is 10.6. The van der Waals surface area contributed by atoms with Crippen molar-refractivity contribution in [3.8, 4) is 11.3 Å². The highest BCUT2D eigenvalue weighted by Crippen LogP contribution is 2.24. The van der Waals surface area contributed by atoms with Crippen LogP contribution in [0.2, 0.25) is 0 Å². The Morgan fingerprint density at radius 1 is 1.03 bits per heavy atom. The molecule has 1 saturated heterocycles. The minimum atomic E-state index is -0.473. The van der Waals surface area contributed by atoms with Crippen molar-refractivity contribution < 1.29 is 9.66 Å². The zero-order valence-corrected chi connectivity index (χ0v) is 18.4. The van der Waals surface area contributed by atoms with Crippen LogP contribution in [-0.4, -0.2) is 64.3 Å². The average Bonchev–Trinajstić information content (AvgIpc) is 2.87. The Morgan fingerprint density at radius 2 is 1.85 bits per heavy atom. The summed E-state index contributed by atoms with van der Waals surface area (Å²) in [5.41, 5.74) is 2.82. The molecule has 1 fully saturated rings. The predicted molar refractivity (Wildman–Crippen MR) is 126 cm³/mol. The molecule has 3 aromatic rings. The number of ether oxygens (including phenoxy) is 1. The number of pyridine rings is 2. The molecule has 3 aromatic heterocycles. The molecule has 4 rings (SSSR count). The van der Waals surface area contributed by atoms with Gasteiger partial charge >= 0.3 is 0 Å². The van der Waals surface area contributed by atoms with Gasteiger partial charge in [-0.3, -0.25) is 10.1 Å². The van der Waals surface area contributed by atoms with Crippen molar-refractivity contribution in [2.45, 2.75) is 13.3 Å². The molecule has 0 spiro atoms. The summed E-state index contributed by atoms with van der Waals surface area (Å²) in [5.74, 6) is 2.04. The highest BCUT2D eigenvalue weighted by molar-refractivity contribution is 5.64. The van der Waals surface area contributed by atoms with E-state index in [2.05, 4.69) is 37.4 Å². The summed E-state index contributed by atoms with van der Waals surface area (Å²) in [6, 6.07) is 7.07. The highest BCUT2D eigenvalue weighted by Gasteiger charge is 2.14. The zero-order chi connectivity index (χ0) is 23.0. The van der Waals surface area contributed by atoms with Crippen LogP contribution in [0.25, 0.3) is 11.3 Å². The Labute approximate surface area is 191 Å². The molecule has 0 bridgehead atoms. The quantitative estimate of drug-likeness (QED) is 0.285. The molecule has 0 unspecified atom stereocenters. The van der Waals surface area contributed by atoms with E-state index in [1.165, 1.54) is 12.3 Å². The van der Waals surface area contributed by atoms with Crippen LogP contribution in [-0.2, 0) is 11.2 Å². The maximum atomic E-state index is 10.7. The molecule has 0 atom stereocenters. The number of nitrogens with zero attached hydrogens (tertiary/aromatic N) is 6. The molecule has 172 valence electrons. The van der Waals surface area contributed by atoms with E-state index in [1.54, 1.807) is 6.07 Å². The summed E-state index contributed by atoms with van der Waals surface area (Å²) in [6.07, 6.45) is 5.74. The average molecular weight is 451 g/mol. The van der Waals surface area contributed by atoms with Gasteiger partial charge in [0, 0.05) is 50.2 Å². The standard InChI is InChI=1S/C22H26N8O3/c1-2-16-13-27-22(24-8-7-23-19-5-4-18(15-25-19)30(31)32)28-21(16)17-3-6-20(26-14-17)29-9-11-33-12-10-29/h3-6,13-15H,2,7-12H2,1H3,(H,23,25)(H,24,27,28). The molecule has 33 heavy (non-hydrogen) atoms. The number of morpholine rings is 1. The topological polar surface area (TPSA) is 131 Å². The monoisotopic (exact) mass is 450 g/mol. The van der Waals surface area contributed by atoms with Crippen LogP contribution in [0.3, 0.4) is 0 Å². The van der Waals surface area contributed by atoms with Crippen LogP contribution in [0, 0.1) is 10.1 Å². The first kappa shape index (κ1) is 22.3. The molecule has 1 aliphatic heterocycles. The van der Waals surface area contributed by atoms with E-state index in [0.29, 0.717) is 24.9 Å². The SMILES string of the molecule is CCc1cnc(NCCNc2ccc([N+](=O)[O-])cn2)nc1-c1ccc(N2CCOCC2)nc1. The summed E-state index contributed by atoms with van der Waals surface area (Å²) >= 11 is 0. The van der Waals surface area contributed by atoms with Gasteiger partial charge in [-0.2, -0.15) is 0 Å². The minimum absolute atomic E-state index is 0.0388. The van der Waals surface area contributed by atoms with Gasteiger partial charge in [0.05, 0.1) is 23.8 Å². The molecule has 0 amide bonds. The lowest BCUT2D eigenvalue weighted by molar-refractivity contribution is -0.385. The molecule has 2 N–H and O–H groups in total. The summed E-state index contributed by atoms with van der Waals surface area (Å²) in [4.78, 5) is 30.3. The lowest BCUT2D eigenvalue weighted by atomic mass is 10.1. The highest BCUT2D eigenvalue weighted by atomic mass is 16.6. The van der Waals surface area contributed by atoms with E-state index in [4.69, 9.17) is 9.72 Å². The van der Waals surface area contributed by atoms with Crippen molar-refractivity contribution >= 4 is 23.3 Å². The largest absolute Gasteiger partial charge is 0.378 e. The van der Waals surface area contributed by atoms with E-state index in [1.807, 2.05) is 24.5 Å². The Balaban J connectivity index is 1.37. The summed E-state index contributed by atoms with van der Waals surface area (Å²) < 4.78 is 5.41. The Kier molecular flexibility index (Phi) is 7.20. The van der Waals surface area contributed by atoms with Crippen molar-refractivity contribution in [3.63, 3.8) is 0 Å². The predicted octanol–water partition coefficient (Wildman–Crippen LogP) is 2.76. The molecule has 4 heterocycles. The number of nitrogens with one attached hydrogen (secondary N) is 2. The van der Waals surface area contributed by atoms with Crippen LogP contribution >= 0.6 is 0 Å². The second-order valence-corrected chi connectivity index (χ2v) is 7.44. The third-order valence-electron chi connectivity index (χ3n) is 5.27. The van der Waals surface area contributed by atoms with Gasteiger partial charge < -0.3 is 20.3 Å². The fraction of sp³-hybridized carbons (Fsp3) is 0.364. The first-order valence-electron chi connectivity index (χ1n) is 10.9. The molecule has 0 aromatic carbocycles. The maximum Gasteiger partial charge on any atom is 0.287 e. The number of hydrogen-bond donors (Lipinski definition) is 2. The molecule has 11 nitrogen and oxygen atoms in total. The molecule has 0 saturated carbocycles. The smallest absolute Gasteiger partial charge is 0.287 e. The first-order valence-corrected chi connectivity index (χ1v) is 10.9. The van der Waals surface area contributed by atoms with Gasteiger partial charge in [0.25, 0.3) is 5.69 Å². The Morgan fingerprint density at radius 3 is 2.52 bits per heavy atom. The van der Waals surface area contributed by atoms with Gasteiger partial charge in [0.1, 0.15) is 17.8 Å². The Bertz CT molecular complexity index is 1070. The number of aryl methyl sites for hydroxylation is 1. The van der Waals surface area contributed by atoms with Crippen molar-refractivity contribution in [1.29, 1.82) is 0 Å². The van der Waals surface area contributed by atoms with Crippen LogP contribution in [0.15, 0.2) is 42.9 Å². The van der Waals surface area contributed by atoms with Gasteiger partial charge in [0.2, 0.25) is 5.95 Å². The second-order valence-electron chi connectivity index (χ2n) is 7.44. The van der Waals surface area contributed by atoms with Crippen LogP contribution in [0.1, 0.15) is 12.5 Å². The first-order chi connectivity index (χ1) is 16.1. The summed E-state index contributed by atoms with van der Waals surface area (Å²) in [5, 5.41) is 17.0. The maximum absolute atomic E-state index is 10.7. The van der Waals surface area contributed by atoms with Gasteiger partial charge in [-0.1, -0.05) is 6.92 Å². The minimum Gasteiger partial charge on any atom is -0.378 e. The van der Waals surface area contributed by atoms with E-state index in [0.717, 1.165) is 55.4 Å². The third kappa shape index (κ3) is 5.69. The van der Waals surface area contributed by atoms with Gasteiger partial charge in [-0.25, -0.2) is 19.9 Å². The Hall–Kier alpha value is -3.86.